The topological polar surface area (TPSA) is 84.5 Å². The van der Waals surface area contributed by atoms with Crippen molar-refractivity contribution in [3.8, 4) is 0 Å². The van der Waals surface area contributed by atoms with E-state index in [1.54, 1.807) is 26.0 Å². The van der Waals surface area contributed by atoms with Gasteiger partial charge in [0.25, 0.3) is 5.91 Å². The highest BCUT2D eigenvalue weighted by atomic mass is 32.2. The third kappa shape index (κ3) is 7.07. The molecule has 0 aliphatic heterocycles. The summed E-state index contributed by atoms with van der Waals surface area (Å²) < 4.78 is 18.0. The van der Waals surface area contributed by atoms with E-state index in [4.69, 9.17) is 4.74 Å². The van der Waals surface area contributed by atoms with E-state index in [1.165, 1.54) is 12.1 Å². The van der Waals surface area contributed by atoms with Crippen LogP contribution in [0.1, 0.15) is 13.8 Å². The van der Waals surface area contributed by atoms with Gasteiger partial charge in [0.15, 0.2) is 6.61 Å². The Balaban J connectivity index is 2.27. The van der Waals surface area contributed by atoms with Gasteiger partial charge in [-0.15, -0.1) is 11.8 Å². The summed E-state index contributed by atoms with van der Waals surface area (Å²) in [7, 11) is 0. The summed E-state index contributed by atoms with van der Waals surface area (Å²) in [6, 6.07) is 5.25. The van der Waals surface area contributed by atoms with Gasteiger partial charge in [0.05, 0.1) is 5.75 Å². The van der Waals surface area contributed by atoms with Gasteiger partial charge in [-0.2, -0.15) is 0 Å². The van der Waals surface area contributed by atoms with E-state index in [9.17, 15) is 18.8 Å². The van der Waals surface area contributed by atoms with Crippen molar-refractivity contribution < 1.29 is 23.5 Å². The quantitative estimate of drug-likeness (QED) is 0.613. The molecule has 0 radical (unpaired) electrons. The second-order valence-electron chi connectivity index (χ2n) is 4.56. The molecule has 22 heavy (non-hydrogen) atoms. The van der Waals surface area contributed by atoms with E-state index in [0.29, 0.717) is 4.90 Å². The predicted octanol–water partition coefficient (Wildman–Crippen LogP) is 1.70. The molecule has 1 aromatic rings. The van der Waals surface area contributed by atoms with Crippen LogP contribution in [-0.4, -0.2) is 36.3 Å². The second kappa shape index (κ2) is 9.04. The molecule has 120 valence electrons. The Bertz CT molecular complexity index is 551. The average Bonchev–Trinajstić information content (AvgIpc) is 2.43. The number of thioether (sulfide) groups is 1. The minimum Gasteiger partial charge on any atom is -0.455 e. The molecule has 0 fully saturated rings. The zero-order valence-electron chi connectivity index (χ0n) is 12.2. The maximum absolute atomic E-state index is 13.3. The molecule has 1 rings (SSSR count). The van der Waals surface area contributed by atoms with E-state index < -0.39 is 30.3 Å². The molecular formula is C14H17FN2O4S. The molecule has 6 nitrogen and oxygen atoms in total. The van der Waals surface area contributed by atoms with Crippen molar-refractivity contribution in [2.24, 2.45) is 0 Å². The van der Waals surface area contributed by atoms with Crippen LogP contribution in [0.3, 0.4) is 0 Å². The lowest BCUT2D eigenvalue weighted by molar-refractivity contribution is -0.145. The molecule has 2 N–H and O–H groups in total. The molecule has 0 bridgehead atoms. The Hall–Kier alpha value is -2.09. The van der Waals surface area contributed by atoms with Crippen LogP contribution in [-0.2, 0) is 14.3 Å². The number of esters is 1. The fraction of sp³-hybridized carbons (Fsp3) is 0.357. The number of nitrogens with one attached hydrogen (secondary N) is 2. The number of ether oxygens (including phenoxy) is 1. The monoisotopic (exact) mass is 328 g/mol. The molecule has 3 amide bonds. The zero-order valence-corrected chi connectivity index (χ0v) is 13.0. The summed E-state index contributed by atoms with van der Waals surface area (Å²) in [5, 5.41) is 4.47. The molecule has 0 spiro atoms. The Kier molecular flexibility index (Phi) is 7.38. The van der Waals surface area contributed by atoms with Crippen LogP contribution >= 0.6 is 11.8 Å². The summed E-state index contributed by atoms with van der Waals surface area (Å²) in [6.07, 6.45) is 0. The van der Waals surface area contributed by atoms with Crippen LogP contribution < -0.4 is 10.6 Å². The Morgan fingerprint density at radius 3 is 2.59 bits per heavy atom. The van der Waals surface area contributed by atoms with Crippen LogP contribution in [0.25, 0.3) is 0 Å². The van der Waals surface area contributed by atoms with E-state index in [-0.39, 0.29) is 11.8 Å². The lowest BCUT2D eigenvalue weighted by atomic mass is 10.3. The highest BCUT2D eigenvalue weighted by molar-refractivity contribution is 8.00. The second-order valence-corrected chi connectivity index (χ2v) is 5.57. The van der Waals surface area contributed by atoms with E-state index in [1.807, 2.05) is 5.32 Å². The van der Waals surface area contributed by atoms with Crippen LogP contribution in [0.2, 0.25) is 0 Å². The maximum atomic E-state index is 13.3. The average molecular weight is 328 g/mol. The summed E-state index contributed by atoms with van der Waals surface area (Å²) in [6.45, 7) is 2.91. The molecule has 0 aromatic heterocycles. The molecule has 1 aromatic carbocycles. The van der Waals surface area contributed by atoms with E-state index >= 15 is 0 Å². The van der Waals surface area contributed by atoms with Gasteiger partial charge in [-0.1, -0.05) is 12.1 Å². The lowest BCUT2D eigenvalue weighted by Gasteiger charge is -2.09. The third-order valence-electron chi connectivity index (χ3n) is 2.22. The van der Waals surface area contributed by atoms with Crippen LogP contribution in [0.4, 0.5) is 9.18 Å². The van der Waals surface area contributed by atoms with Gasteiger partial charge in [0, 0.05) is 10.9 Å². The van der Waals surface area contributed by atoms with Crippen molar-refractivity contribution in [1.29, 1.82) is 0 Å². The Labute approximate surface area is 131 Å². The fourth-order valence-corrected chi connectivity index (χ4v) is 2.08. The summed E-state index contributed by atoms with van der Waals surface area (Å²) in [5.74, 6) is -1.97. The zero-order chi connectivity index (χ0) is 16.5. The lowest BCUT2D eigenvalue weighted by Crippen LogP contribution is -2.44. The number of halogens is 1. The molecule has 0 aliphatic carbocycles. The van der Waals surface area contributed by atoms with Gasteiger partial charge in [0.2, 0.25) is 0 Å². The SMILES string of the molecule is CC(C)NC(=O)NC(=O)COC(=O)CSc1ccccc1F. The third-order valence-corrected chi connectivity index (χ3v) is 3.24. The predicted molar refractivity (Wildman–Crippen MR) is 79.9 cm³/mol. The summed E-state index contributed by atoms with van der Waals surface area (Å²) in [5.41, 5.74) is 0. The number of benzene rings is 1. The number of imide groups is 1. The van der Waals surface area contributed by atoms with Gasteiger partial charge in [-0.05, 0) is 26.0 Å². The maximum Gasteiger partial charge on any atom is 0.321 e. The summed E-state index contributed by atoms with van der Waals surface area (Å²) in [4.78, 5) is 34.3. The van der Waals surface area contributed by atoms with E-state index in [2.05, 4.69) is 5.32 Å². The molecule has 8 heteroatoms. The standard InChI is InChI=1S/C14H17FN2O4S/c1-9(2)16-14(20)17-12(18)7-21-13(19)8-22-11-6-4-3-5-10(11)15/h3-6,9H,7-8H2,1-2H3,(H2,16,17,18,20). The Morgan fingerprint density at radius 1 is 1.27 bits per heavy atom. The van der Waals surface area contributed by atoms with Crippen molar-refractivity contribution in [1.82, 2.24) is 10.6 Å². The minimum absolute atomic E-state index is 0.118. The molecule has 0 heterocycles. The van der Waals surface area contributed by atoms with Crippen molar-refractivity contribution in [3.63, 3.8) is 0 Å². The number of hydrogen-bond acceptors (Lipinski definition) is 5. The summed E-state index contributed by atoms with van der Waals surface area (Å²) >= 11 is 0.969. The molecule has 0 saturated heterocycles. The van der Waals surface area contributed by atoms with Gasteiger partial charge in [-0.25, -0.2) is 9.18 Å². The van der Waals surface area contributed by atoms with Crippen LogP contribution in [0.15, 0.2) is 29.2 Å². The van der Waals surface area contributed by atoms with Gasteiger partial charge < -0.3 is 10.1 Å². The number of carbonyl (C=O) groups excluding carboxylic acids is 3. The first-order valence-electron chi connectivity index (χ1n) is 6.51. The number of carbonyl (C=O) groups is 3. The molecule has 0 atom stereocenters. The first-order valence-corrected chi connectivity index (χ1v) is 7.50. The van der Waals surface area contributed by atoms with Crippen molar-refractivity contribution in [2.45, 2.75) is 24.8 Å². The Morgan fingerprint density at radius 2 is 1.95 bits per heavy atom. The van der Waals surface area contributed by atoms with Gasteiger partial charge >= 0.3 is 12.0 Å². The fourth-order valence-electron chi connectivity index (χ4n) is 1.35. The smallest absolute Gasteiger partial charge is 0.321 e. The van der Waals surface area contributed by atoms with Crippen molar-refractivity contribution >= 4 is 29.7 Å². The highest BCUT2D eigenvalue weighted by Gasteiger charge is 2.12. The van der Waals surface area contributed by atoms with Gasteiger partial charge in [-0.3, -0.25) is 14.9 Å². The van der Waals surface area contributed by atoms with Crippen molar-refractivity contribution in [3.05, 3.63) is 30.1 Å². The van der Waals surface area contributed by atoms with Crippen molar-refractivity contribution in [2.75, 3.05) is 12.4 Å². The molecule has 0 aliphatic rings. The number of rotatable bonds is 6. The number of hydrogen-bond donors (Lipinski definition) is 2. The molecular weight excluding hydrogens is 311 g/mol. The highest BCUT2D eigenvalue weighted by Crippen LogP contribution is 2.20. The van der Waals surface area contributed by atoms with Crippen LogP contribution in [0.5, 0.6) is 0 Å². The van der Waals surface area contributed by atoms with Gasteiger partial charge in [0.1, 0.15) is 5.82 Å². The molecule has 0 saturated carbocycles. The number of amides is 3. The minimum atomic E-state index is -0.734. The van der Waals surface area contributed by atoms with E-state index in [0.717, 1.165) is 11.8 Å². The number of urea groups is 1. The normalized spacial score (nSPS) is 10.2. The largest absolute Gasteiger partial charge is 0.455 e. The first-order chi connectivity index (χ1) is 10.4. The van der Waals surface area contributed by atoms with Crippen LogP contribution in [0, 0.1) is 5.82 Å². The molecule has 0 unspecified atom stereocenters. The first kappa shape index (κ1) is 18.0.